The fourth-order valence-electron chi connectivity index (χ4n) is 1.25. The number of aldehydes is 1. The summed E-state index contributed by atoms with van der Waals surface area (Å²) in [5.74, 6) is -0.427. The number of H-pyrrole nitrogens is 1. The molecule has 1 N–H and O–H groups in total. The van der Waals surface area contributed by atoms with Crippen LogP contribution in [0.3, 0.4) is 0 Å². The molecule has 0 aliphatic rings. The summed E-state index contributed by atoms with van der Waals surface area (Å²) in [4.78, 5) is 10.5. The maximum absolute atomic E-state index is 13.4. The lowest BCUT2D eigenvalue weighted by molar-refractivity contribution is 0.111. The molecule has 1 aromatic heterocycles. The number of hydrogen-bond acceptors (Lipinski definition) is 2. The summed E-state index contributed by atoms with van der Waals surface area (Å²) in [5.41, 5.74) is 0.665. The Kier molecular flexibility index (Phi) is 2.51. The van der Waals surface area contributed by atoms with Crippen molar-refractivity contribution in [2.75, 3.05) is 0 Å². The van der Waals surface area contributed by atoms with Gasteiger partial charge in [-0.15, -0.1) is 0 Å². The fourth-order valence-corrected chi connectivity index (χ4v) is 1.48. The first-order chi connectivity index (χ1) is 7.24. The van der Waals surface area contributed by atoms with Crippen LogP contribution in [-0.4, -0.2) is 16.5 Å². The van der Waals surface area contributed by atoms with Gasteiger partial charge in [-0.2, -0.15) is 5.10 Å². The van der Waals surface area contributed by atoms with Crippen LogP contribution in [0.1, 0.15) is 10.5 Å². The Bertz CT molecular complexity index is 510. The molecule has 0 aliphatic carbocycles. The number of nitrogens with zero attached hydrogens (tertiary/aromatic N) is 1. The number of aromatic amines is 1. The maximum atomic E-state index is 13.4. The zero-order chi connectivity index (χ0) is 10.8. The average Bonchev–Trinajstić information content (AvgIpc) is 2.60. The molecule has 0 atom stereocenters. The third-order valence-corrected chi connectivity index (χ3v) is 2.36. The predicted molar refractivity (Wildman–Crippen MR) is 54.4 cm³/mol. The number of benzene rings is 1. The predicted octanol–water partition coefficient (Wildman–Crippen LogP) is 2.68. The summed E-state index contributed by atoms with van der Waals surface area (Å²) < 4.78 is 13.4. The molecule has 0 radical (unpaired) electrons. The van der Waals surface area contributed by atoms with Gasteiger partial charge in [-0.05, 0) is 12.1 Å². The molecule has 0 spiro atoms. The van der Waals surface area contributed by atoms with Gasteiger partial charge in [0, 0.05) is 5.56 Å². The molecule has 0 saturated carbocycles. The Balaban J connectivity index is 2.59. The molecule has 3 nitrogen and oxygen atoms in total. The van der Waals surface area contributed by atoms with Crippen LogP contribution in [0.2, 0.25) is 5.02 Å². The van der Waals surface area contributed by atoms with Crippen LogP contribution in [0.4, 0.5) is 4.39 Å². The Morgan fingerprint density at radius 1 is 1.40 bits per heavy atom. The number of halogens is 2. The van der Waals surface area contributed by atoms with Crippen molar-refractivity contribution in [3.63, 3.8) is 0 Å². The molecule has 0 saturated heterocycles. The van der Waals surface area contributed by atoms with Gasteiger partial charge in [0.1, 0.15) is 17.2 Å². The first-order valence-electron chi connectivity index (χ1n) is 4.18. The van der Waals surface area contributed by atoms with Crippen molar-refractivity contribution in [1.29, 1.82) is 0 Å². The van der Waals surface area contributed by atoms with Crippen LogP contribution in [0.5, 0.6) is 0 Å². The lowest BCUT2D eigenvalue weighted by Crippen LogP contribution is -1.84. The molecule has 2 aromatic rings. The normalized spacial score (nSPS) is 10.3. The molecular weight excluding hydrogens is 219 g/mol. The molecule has 0 fully saturated rings. The summed E-state index contributed by atoms with van der Waals surface area (Å²) in [6, 6.07) is 6.09. The third-order valence-electron chi connectivity index (χ3n) is 1.98. The number of carbonyl (C=O) groups is 1. The van der Waals surface area contributed by atoms with Crippen molar-refractivity contribution in [2.45, 2.75) is 0 Å². The van der Waals surface area contributed by atoms with Gasteiger partial charge in [0.15, 0.2) is 6.29 Å². The Morgan fingerprint density at radius 3 is 2.73 bits per heavy atom. The number of rotatable bonds is 2. The minimum Gasteiger partial charge on any atom is -0.296 e. The van der Waals surface area contributed by atoms with Gasteiger partial charge in [-0.3, -0.25) is 9.89 Å². The molecule has 5 heteroatoms. The molecule has 0 bridgehead atoms. The van der Waals surface area contributed by atoms with Crippen LogP contribution >= 0.6 is 11.6 Å². The maximum Gasteiger partial charge on any atom is 0.169 e. The largest absolute Gasteiger partial charge is 0.296 e. The van der Waals surface area contributed by atoms with E-state index in [0.29, 0.717) is 6.29 Å². The standard InChI is InChI=1S/C10H6ClFN2O/c11-9-8(5-15)13-14-10(9)6-3-1-2-4-7(6)12/h1-5H,(H,13,14). The van der Waals surface area contributed by atoms with Crippen molar-refractivity contribution >= 4 is 17.9 Å². The van der Waals surface area contributed by atoms with Gasteiger partial charge >= 0.3 is 0 Å². The highest BCUT2D eigenvalue weighted by Gasteiger charge is 2.14. The molecule has 0 unspecified atom stereocenters. The van der Waals surface area contributed by atoms with Crippen LogP contribution in [0, 0.1) is 5.82 Å². The highest BCUT2D eigenvalue weighted by Crippen LogP contribution is 2.29. The summed E-state index contributed by atoms with van der Waals surface area (Å²) in [6.07, 6.45) is 0.541. The van der Waals surface area contributed by atoms with Crippen molar-refractivity contribution in [2.24, 2.45) is 0 Å². The SMILES string of the molecule is O=Cc1[nH]nc(-c2ccccc2F)c1Cl. The number of carbonyl (C=O) groups excluding carboxylic acids is 1. The van der Waals surface area contributed by atoms with Crippen molar-refractivity contribution in [1.82, 2.24) is 10.2 Å². The zero-order valence-corrected chi connectivity index (χ0v) is 8.25. The molecular formula is C10H6ClFN2O. The molecule has 2 rings (SSSR count). The highest BCUT2D eigenvalue weighted by molar-refractivity contribution is 6.35. The topological polar surface area (TPSA) is 45.8 Å². The molecule has 0 aliphatic heterocycles. The van der Waals surface area contributed by atoms with E-state index in [0.717, 1.165) is 0 Å². The van der Waals surface area contributed by atoms with E-state index < -0.39 is 5.82 Å². The van der Waals surface area contributed by atoms with Gasteiger partial charge in [-0.25, -0.2) is 4.39 Å². The van der Waals surface area contributed by atoms with E-state index in [1.807, 2.05) is 0 Å². The van der Waals surface area contributed by atoms with Crippen molar-refractivity contribution < 1.29 is 9.18 Å². The summed E-state index contributed by atoms with van der Waals surface area (Å²) in [5, 5.41) is 6.36. The first-order valence-corrected chi connectivity index (χ1v) is 4.55. The highest BCUT2D eigenvalue weighted by atomic mass is 35.5. The lowest BCUT2D eigenvalue weighted by Gasteiger charge is -1.98. The Labute approximate surface area is 89.9 Å². The van der Waals surface area contributed by atoms with E-state index in [1.54, 1.807) is 18.2 Å². The third kappa shape index (κ3) is 1.64. The molecule has 0 amide bonds. The van der Waals surface area contributed by atoms with E-state index in [4.69, 9.17) is 11.6 Å². The number of aromatic nitrogens is 2. The van der Waals surface area contributed by atoms with Crippen LogP contribution in [0.15, 0.2) is 24.3 Å². The number of nitrogens with one attached hydrogen (secondary N) is 1. The van der Waals surface area contributed by atoms with Gasteiger partial charge in [-0.1, -0.05) is 23.7 Å². The summed E-state index contributed by atoms with van der Waals surface area (Å²) in [7, 11) is 0. The quantitative estimate of drug-likeness (QED) is 0.798. The van der Waals surface area contributed by atoms with Crippen molar-refractivity contribution in [3.8, 4) is 11.3 Å². The van der Waals surface area contributed by atoms with E-state index in [-0.39, 0.29) is 22.0 Å². The minimum absolute atomic E-state index is 0.134. The first kappa shape index (κ1) is 9.86. The zero-order valence-electron chi connectivity index (χ0n) is 7.50. The van der Waals surface area contributed by atoms with Gasteiger partial charge < -0.3 is 0 Å². The van der Waals surface area contributed by atoms with Crippen molar-refractivity contribution in [3.05, 3.63) is 40.8 Å². The van der Waals surface area contributed by atoms with E-state index in [2.05, 4.69) is 10.2 Å². The van der Waals surface area contributed by atoms with Gasteiger partial charge in [0.25, 0.3) is 0 Å². The second-order valence-electron chi connectivity index (χ2n) is 2.90. The second kappa shape index (κ2) is 3.82. The second-order valence-corrected chi connectivity index (χ2v) is 3.28. The minimum atomic E-state index is -0.427. The Morgan fingerprint density at radius 2 is 2.13 bits per heavy atom. The summed E-state index contributed by atoms with van der Waals surface area (Å²) in [6.45, 7) is 0. The van der Waals surface area contributed by atoms with E-state index in [1.165, 1.54) is 6.07 Å². The fraction of sp³-hybridized carbons (Fsp3) is 0. The lowest BCUT2D eigenvalue weighted by atomic mass is 10.1. The summed E-state index contributed by atoms with van der Waals surface area (Å²) >= 11 is 5.84. The Hall–Kier alpha value is -1.68. The molecule has 15 heavy (non-hydrogen) atoms. The molecule has 1 heterocycles. The number of hydrogen-bond donors (Lipinski definition) is 1. The van der Waals surface area contributed by atoms with Gasteiger partial charge in [0.05, 0.1) is 5.02 Å². The van der Waals surface area contributed by atoms with Crippen LogP contribution < -0.4 is 0 Å². The van der Waals surface area contributed by atoms with E-state index in [9.17, 15) is 9.18 Å². The van der Waals surface area contributed by atoms with E-state index >= 15 is 0 Å². The van der Waals surface area contributed by atoms with Crippen LogP contribution in [0.25, 0.3) is 11.3 Å². The van der Waals surface area contributed by atoms with Crippen LogP contribution in [-0.2, 0) is 0 Å². The molecule has 76 valence electrons. The molecule has 1 aromatic carbocycles. The smallest absolute Gasteiger partial charge is 0.169 e. The van der Waals surface area contributed by atoms with Gasteiger partial charge in [0.2, 0.25) is 0 Å². The average molecular weight is 225 g/mol. The monoisotopic (exact) mass is 224 g/mol.